The Morgan fingerprint density at radius 1 is 0.909 bits per heavy atom. The first-order valence-electron chi connectivity index (χ1n) is 10.0. The number of carbonyl (C=O) groups excluding carboxylic acids is 1. The van der Waals surface area contributed by atoms with Crippen LogP contribution in [-0.2, 0) is 4.79 Å². The Morgan fingerprint density at radius 2 is 1.68 bits per heavy atom. The quantitative estimate of drug-likeness (QED) is 0.627. The van der Waals surface area contributed by atoms with E-state index in [9.17, 15) is 4.79 Å². The summed E-state index contributed by atoms with van der Waals surface area (Å²) in [6, 6.07) is 0. The Kier molecular flexibility index (Phi) is 3.70. The molecular formula is C21H34O. The maximum absolute atomic E-state index is 12.1. The van der Waals surface area contributed by atoms with Crippen molar-refractivity contribution in [2.24, 2.45) is 46.8 Å². The highest BCUT2D eigenvalue weighted by molar-refractivity contribution is 5.79. The van der Waals surface area contributed by atoms with Gasteiger partial charge in [-0.25, -0.2) is 0 Å². The second kappa shape index (κ2) is 5.35. The molecular weight excluding hydrogens is 268 g/mol. The molecule has 0 aromatic carbocycles. The van der Waals surface area contributed by atoms with E-state index in [2.05, 4.69) is 13.8 Å². The van der Waals surface area contributed by atoms with Crippen LogP contribution in [0.3, 0.4) is 0 Å². The molecule has 0 saturated heterocycles. The van der Waals surface area contributed by atoms with Crippen LogP contribution in [0.25, 0.3) is 0 Å². The van der Waals surface area contributed by atoms with Gasteiger partial charge in [0.15, 0.2) is 0 Å². The van der Waals surface area contributed by atoms with Crippen LogP contribution in [0.4, 0.5) is 0 Å². The largest absolute Gasteiger partial charge is 0.300 e. The molecule has 0 heterocycles. The summed E-state index contributed by atoms with van der Waals surface area (Å²) in [5.74, 6) is 6.73. The van der Waals surface area contributed by atoms with Gasteiger partial charge in [0, 0.05) is 5.92 Å². The van der Waals surface area contributed by atoms with Crippen molar-refractivity contribution in [2.45, 2.75) is 78.6 Å². The number of hydrogen-bond donors (Lipinski definition) is 0. The molecule has 0 bridgehead atoms. The van der Waals surface area contributed by atoms with E-state index < -0.39 is 0 Å². The third-order valence-corrected chi connectivity index (χ3v) is 8.71. The average Bonchev–Trinajstić information content (AvgIpc) is 2.84. The van der Waals surface area contributed by atoms with Crippen LogP contribution in [0.1, 0.15) is 78.6 Å². The van der Waals surface area contributed by atoms with Crippen LogP contribution in [0.5, 0.6) is 0 Å². The van der Waals surface area contributed by atoms with Gasteiger partial charge in [-0.3, -0.25) is 4.79 Å². The summed E-state index contributed by atoms with van der Waals surface area (Å²) < 4.78 is 0. The summed E-state index contributed by atoms with van der Waals surface area (Å²) >= 11 is 0. The van der Waals surface area contributed by atoms with E-state index in [4.69, 9.17) is 0 Å². The molecule has 124 valence electrons. The number of Topliss-reactive ketones (excluding diaryl/α,β-unsaturated/α-hetero) is 1. The maximum Gasteiger partial charge on any atom is 0.133 e. The molecule has 0 spiro atoms. The van der Waals surface area contributed by atoms with Crippen molar-refractivity contribution < 1.29 is 4.79 Å². The molecule has 4 aliphatic carbocycles. The molecule has 22 heavy (non-hydrogen) atoms. The van der Waals surface area contributed by atoms with E-state index in [-0.39, 0.29) is 0 Å². The van der Waals surface area contributed by atoms with Gasteiger partial charge in [0.2, 0.25) is 0 Å². The fourth-order valence-electron chi connectivity index (χ4n) is 7.76. The van der Waals surface area contributed by atoms with E-state index in [0.717, 1.165) is 35.5 Å². The average molecular weight is 303 g/mol. The number of hydrogen-bond acceptors (Lipinski definition) is 1. The Morgan fingerprint density at radius 3 is 2.45 bits per heavy atom. The summed E-state index contributed by atoms with van der Waals surface area (Å²) in [5, 5.41) is 0. The Hall–Kier alpha value is -0.330. The van der Waals surface area contributed by atoms with Gasteiger partial charge >= 0.3 is 0 Å². The highest BCUT2D eigenvalue weighted by Crippen LogP contribution is 2.64. The monoisotopic (exact) mass is 302 g/mol. The molecule has 1 heteroatoms. The molecule has 0 amide bonds. The molecule has 8 atom stereocenters. The zero-order valence-corrected chi connectivity index (χ0v) is 14.8. The predicted octanol–water partition coefficient (Wildman–Crippen LogP) is 5.48. The molecule has 0 aliphatic heterocycles. The molecule has 3 unspecified atom stereocenters. The van der Waals surface area contributed by atoms with Crippen LogP contribution in [0.15, 0.2) is 0 Å². The maximum atomic E-state index is 12.1. The second-order valence-corrected chi connectivity index (χ2v) is 9.64. The van der Waals surface area contributed by atoms with Crippen molar-refractivity contribution in [3.63, 3.8) is 0 Å². The molecule has 4 fully saturated rings. The zero-order valence-electron chi connectivity index (χ0n) is 14.8. The Balaban J connectivity index is 1.56. The fraction of sp³-hybridized carbons (Fsp3) is 0.952. The lowest BCUT2D eigenvalue weighted by Gasteiger charge is -2.56. The van der Waals surface area contributed by atoms with Gasteiger partial charge in [-0.2, -0.15) is 0 Å². The van der Waals surface area contributed by atoms with Crippen molar-refractivity contribution >= 4 is 5.78 Å². The van der Waals surface area contributed by atoms with Gasteiger partial charge in [-0.1, -0.05) is 20.3 Å². The normalized spacial score (nSPS) is 54.2. The van der Waals surface area contributed by atoms with Crippen molar-refractivity contribution in [3.8, 4) is 0 Å². The highest BCUT2D eigenvalue weighted by atomic mass is 16.1. The van der Waals surface area contributed by atoms with Crippen molar-refractivity contribution in [2.75, 3.05) is 0 Å². The van der Waals surface area contributed by atoms with Crippen LogP contribution in [0.2, 0.25) is 0 Å². The molecule has 0 radical (unpaired) electrons. The minimum absolute atomic E-state index is 0.349. The molecule has 0 aromatic heterocycles. The van der Waals surface area contributed by atoms with Crippen LogP contribution in [-0.4, -0.2) is 5.78 Å². The van der Waals surface area contributed by atoms with Gasteiger partial charge in [-0.05, 0) is 99.2 Å². The smallest absolute Gasteiger partial charge is 0.133 e. The number of carbonyl (C=O) groups is 1. The molecule has 4 rings (SSSR count). The summed E-state index contributed by atoms with van der Waals surface area (Å²) in [4.78, 5) is 12.1. The van der Waals surface area contributed by atoms with Gasteiger partial charge in [0.25, 0.3) is 0 Å². The van der Waals surface area contributed by atoms with Crippen molar-refractivity contribution in [3.05, 3.63) is 0 Å². The summed E-state index contributed by atoms with van der Waals surface area (Å²) in [7, 11) is 0. The summed E-state index contributed by atoms with van der Waals surface area (Å²) in [5.41, 5.74) is 0.349. The summed E-state index contributed by atoms with van der Waals surface area (Å²) in [6.45, 7) is 6.79. The first-order chi connectivity index (χ1) is 10.5. The van der Waals surface area contributed by atoms with Gasteiger partial charge in [-0.15, -0.1) is 0 Å². The second-order valence-electron chi connectivity index (χ2n) is 9.64. The van der Waals surface area contributed by atoms with Crippen LogP contribution >= 0.6 is 0 Å². The van der Waals surface area contributed by atoms with E-state index >= 15 is 0 Å². The number of ketones is 1. The topological polar surface area (TPSA) is 17.1 Å². The van der Waals surface area contributed by atoms with Crippen LogP contribution < -0.4 is 0 Å². The van der Waals surface area contributed by atoms with Crippen LogP contribution in [0, 0.1) is 46.8 Å². The zero-order chi connectivity index (χ0) is 15.5. The minimum atomic E-state index is 0.349. The lowest BCUT2D eigenvalue weighted by Crippen LogP contribution is -2.49. The van der Waals surface area contributed by atoms with Gasteiger partial charge in [0.1, 0.15) is 5.78 Å². The number of fused-ring (bicyclic) bond motifs is 5. The molecule has 4 aliphatic rings. The van der Waals surface area contributed by atoms with Gasteiger partial charge in [0.05, 0.1) is 0 Å². The van der Waals surface area contributed by atoms with E-state index in [1.807, 2.05) is 6.92 Å². The lowest BCUT2D eigenvalue weighted by molar-refractivity contribution is -0.128. The SMILES string of the molecule is CC(=O)[C@H]1CCC2[C@@H]3CCC4C[C@@H](C)CC[C@@H]4C3CC[C@@]21C. The van der Waals surface area contributed by atoms with Crippen molar-refractivity contribution in [1.82, 2.24) is 0 Å². The Labute approximate surface area is 136 Å². The first kappa shape index (κ1) is 15.2. The lowest BCUT2D eigenvalue weighted by atomic mass is 9.49. The van der Waals surface area contributed by atoms with Crippen molar-refractivity contribution in [1.29, 1.82) is 0 Å². The predicted molar refractivity (Wildman–Crippen MR) is 90.4 cm³/mol. The van der Waals surface area contributed by atoms with Gasteiger partial charge < -0.3 is 0 Å². The first-order valence-corrected chi connectivity index (χ1v) is 10.0. The fourth-order valence-corrected chi connectivity index (χ4v) is 7.76. The molecule has 4 saturated carbocycles. The third kappa shape index (κ3) is 2.13. The molecule has 1 nitrogen and oxygen atoms in total. The van der Waals surface area contributed by atoms with E-state index in [1.54, 1.807) is 0 Å². The summed E-state index contributed by atoms with van der Waals surface area (Å²) in [6.07, 6.45) is 12.7. The molecule has 0 aromatic rings. The number of rotatable bonds is 1. The molecule has 0 N–H and O–H groups in total. The third-order valence-electron chi connectivity index (χ3n) is 8.71. The van der Waals surface area contributed by atoms with E-state index in [1.165, 1.54) is 57.8 Å². The standard InChI is InChI=1S/C21H34O/c1-13-4-6-16-15(12-13)5-7-18-17(16)10-11-21(3)19(14(2)22)8-9-20(18)21/h13,15-20H,4-12H2,1-3H3/t13-,15?,16-,17?,18+,19+,20?,21+/m0/s1. The highest BCUT2D eigenvalue weighted by Gasteiger charge is 2.57. The minimum Gasteiger partial charge on any atom is -0.300 e. The Bertz CT molecular complexity index is 455. The van der Waals surface area contributed by atoms with E-state index in [0.29, 0.717) is 17.1 Å².